The molecule has 0 aliphatic rings. The van der Waals surface area contributed by atoms with Crippen LogP contribution in [0.25, 0.3) is 0 Å². The number of nitrogens with zero attached hydrogens (tertiary/aromatic N) is 2. The second-order valence-corrected chi connectivity index (χ2v) is 6.85. The maximum Gasteiger partial charge on any atom is 0.265 e. The van der Waals surface area contributed by atoms with Crippen molar-refractivity contribution in [3.05, 3.63) is 41.7 Å². The van der Waals surface area contributed by atoms with Crippen LogP contribution in [0.2, 0.25) is 0 Å². The van der Waals surface area contributed by atoms with E-state index in [0.717, 1.165) is 0 Å². The molecule has 7 nitrogen and oxygen atoms in total. The maximum atomic E-state index is 12.4. The first-order valence-corrected chi connectivity index (χ1v) is 8.17. The zero-order valence-corrected chi connectivity index (χ0v) is 13.4. The molecule has 1 aromatic heterocycles. The van der Waals surface area contributed by atoms with Crippen LogP contribution in [0.1, 0.15) is 35.9 Å². The summed E-state index contributed by atoms with van der Waals surface area (Å²) in [5.74, 6) is -0.566. The lowest BCUT2D eigenvalue weighted by molar-refractivity contribution is 0.100. The number of anilines is 1. The van der Waals surface area contributed by atoms with Crippen LogP contribution < -0.4 is 10.5 Å². The number of benzene rings is 1. The molecule has 0 unspecified atom stereocenters. The van der Waals surface area contributed by atoms with Gasteiger partial charge in [0.25, 0.3) is 10.0 Å². The van der Waals surface area contributed by atoms with Crippen molar-refractivity contribution in [2.24, 2.45) is 5.73 Å². The van der Waals surface area contributed by atoms with E-state index in [9.17, 15) is 13.2 Å². The minimum Gasteiger partial charge on any atom is -0.366 e. The number of aromatic nitrogens is 2. The topological polar surface area (TPSA) is 107 Å². The summed E-state index contributed by atoms with van der Waals surface area (Å²) >= 11 is 0. The molecule has 0 saturated carbocycles. The molecule has 3 N–H and O–H groups in total. The Bertz CT molecular complexity index is 792. The summed E-state index contributed by atoms with van der Waals surface area (Å²) in [5, 5.41) is 4.19. The van der Waals surface area contributed by atoms with Crippen molar-refractivity contribution in [3.63, 3.8) is 0 Å². The third-order valence-electron chi connectivity index (χ3n) is 3.11. The first-order chi connectivity index (χ1) is 10.2. The third kappa shape index (κ3) is 3.28. The lowest BCUT2D eigenvalue weighted by atomic mass is 10.2. The first kappa shape index (κ1) is 16.0. The predicted octanol–water partition coefficient (Wildman–Crippen LogP) is 1.67. The SMILES string of the molecule is Cc1nn(C(C)C)cc1S(=O)(=O)Nc1ccc(C(N)=O)cc1. The minimum absolute atomic E-state index is 0.0671. The molecule has 0 aliphatic carbocycles. The minimum atomic E-state index is -3.74. The highest BCUT2D eigenvalue weighted by Gasteiger charge is 2.21. The number of aryl methyl sites for hydroxylation is 1. The van der Waals surface area contributed by atoms with Gasteiger partial charge >= 0.3 is 0 Å². The van der Waals surface area contributed by atoms with Crippen molar-refractivity contribution < 1.29 is 13.2 Å². The molecule has 0 aliphatic heterocycles. The van der Waals surface area contributed by atoms with Gasteiger partial charge in [-0.25, -0.2) is 8.42 Å². The van der Waals surface area contributed by atoms with Crippen LogP contribution in [0, 0.1) is 6.92 Å². The highest BCUT2D eigenvalue weighted by atomic mass is 32.2. The van der Waals surface area contributed by atoms with Crippen molar-refractivity contribution >= 4 is 21.6 Å². The van der Waals surface area contributed by atoms with Crippen molar-refractivity contribution in [1.29, 1.82) is 0 Å². The van der Waals surface area contributed by atoms with Crippen molar-refractivity contribution in [3.8, 4) is 0 Å². The molecule has 0 bridgehead atoms. The Hall–Kier alpha value is -2.35. The molecule has 1 amide bonds. The zero-order valence-electron chi connectivity index (χ0n) is 12.6. The number of sulfonamides is 1. The van der Waals surface area contributed by atoms with Crippen molar-refractivity contribution in [2.45, 2.75) is 31.7 Å². The molecule has 2 aromatic rings. The van der Waals surface area contributed by atoms with E-state index in [2.05, 4.69) is 9.82 Å². The summed E-state index contributed by atoms with van der Waals surface area (Å²) in [6, 6.07) is 5.96. The summed E-state index contributed by atoms with van der Waals surface area (Å²) in [6.07, 6.45) is 1.50. The van der Waals surface area contributed by atoms with Crippen LogP contribution >= 0.6 is 0 Å². The Kier molecular flexibility index (Phi) is 4.23. The third-order valence-corrected chi connectivity index (χ3v) is 4.60. The molecule has 0 fully saturated rings. The number of nitrogens with two attached hydrogens (primary N) is 1. The van der Waals surface area contributed by atoms with E-state index in [1.54, 1.807) is 11.6 Å². The Balaban J connectivity index is 2.29. The maximum absolute atomic E-state index is 12.4. The van der Waals surface area contributed by atoms with Crippen molar-refractivity contribution in [2.75, 3.05) is 4.72 Å². The molecular weight excluding hydrogens is 304 g/mol. The quantitative estimate of drug-likeness (QED) is 0.873. The highest BCUT2D eigenvalue weighted by molar-refractivity contribution is 7.92. The Morgan fingerprint density at radius 2 is 1.86 bits per heavy atom. The number of rotatable bonds is 5. The second-order valence-electron chi connectivity index (χ2n) is 5.20. The van der Waals surface area contributed by atoms with Crippen LogP contribution in [0.15, 0.2) is 35.4 Å². The predicted molar refractivity (Wildman–Crippen MR) is 83.1 cm³/mol. The molecule has 2 rings (SSSR count). The molecule has 0 saturated heterocycles. The first-order valence-electron chi connectivity index (χ1n) is 6.69. The number of hydrogen-bond acceptors (Lipinski definition) is 4. The lowest BCUT2D eigenvalue weighted by Gasteiger charge is -2.07. The largest absolute Gasteiger partial charge is 0.366 e. The molecule has 1 aromatic carbocycles. The summed E-state index contributed by atoms with van der Waals surface area (Å²) in [5.41, 5.74) is 6.23. The lowest BCUT2D eigenvalue weighted by Crippen LogP contribution is -2.14. The fourth-order valence-electron chi connectivity index (χ4n) is 1.91. The van der Waals surface area contributed by atoms with Gasteiger partial charge in [-0.15, -0.1) is 0 Å². The highest BCUT2D eigenvalue weighted by Crippen LogP contribution is 2.20. The van der Waals surface area contributed by atoms with E-state index in [1.807, 2.05) is 13.8 Å². The van der Waals surface area contributed by atoms with E-state index in [-0.39, 0.29) is 10.9 Å². The smallest absolute Gasteiger partial charge is 0.265 e. The molecule has 8 heteroatoms. The number of carbonyl (C=O) groups excluding carboxylic acids is 1. The van der Waals surface area contributed by atoms with E-state index < -0.39 is 15.9 Å². The fraction of sp³-hybridized carbons (Fsp3) is 0.286. The van der Waals surface area contributed by atoms with Crippen LogP contribution in [0.4, 0.5) is 5.69 Å². The van der Waals surface area contributed by atoms with Crippen LogP contribution in [0.3, 0.4) is 0 Å². The van der Waals surface area contributed by atoms with Gasteiger partial charge in [-0.1, -0.05) is 0 Å². The van der Waals surface area contributed by atoms with E-state index in [4.69, 9.17) is 5.73 Å². The number of nitrogens with one attached hydrogen (secondary N) is 1. The van der Waals surface area contributed by atoms with Crippen LogP contribution in [-0.2, 0) is 10.0 Å². The van der Waals surface area contributed by atoms with E-state index in [1.165, 1.54) is 30.5 Å². The molecule has 118 valence electrons. The normalized spacial score (nSPS) is 11.6. The van der Waals surface area contributed by atoms with Crippen LogP contribution in [0.5, 0.6) is 0 Å². The summed E-state index contributed by atoms with van der Waals surface area (Å²) in [7, 11) is -3.74. The van der Waals surface area contributed by atoms with Gasteiger partial charge in [0, 0.05) is 23.5 Å². The van der Waals surface area contributed by atoms with Gasteiger partial charge in [0.15, 0.2) is 0 Å². The number of primary amides is 1. The summed E-state index contributed by atoms with van der Waals surface area (Å²) in [4.78, 5) is 11.1. The van der Waals surface area contributed by atoms with E-state index in [0.29, 0.717) is 16.9 Å². The van der Waals surface area contributed by atoms with Gasteiger partial charge in [0.2, 0.25) is 5.91 Å². The molecular formula is C14H18N4O3S. The molecule has 0 atom stereocenters. The van der Waals surface area contributed by atoms with Gasteiger partial charge in [-0.05, 0) is 45.0 Å². The molecule has 22 heavy (non-hydrogen) atoms. The van der Waals surface area contributed by atoms with Crippen molar-refractivity contribution in [1.82, 2.24) is 9.78 Å². The second kappa shape index (κ2) is 5.80. The van der Waals surface area contributed by atoms with E-state index >= 15 is 0 Å². The Labute approximate surface area is 129 Å². The average molecular weight is 322 g/mol. The van der Waals surface area contributed by atoms with Gasteiger partial charge in [0.05, 0.1) is 5.69 Å². The molecule has 0 spiro atoms. The average Bonchev–Trinajstić information content (AvgIpc) is 2.82. The van der Waals surface area contributed by atoms with Gasteiger partial charge in [-0.2, -0.15) is 5.10 Å². The monoisotopic (exact) mass is 322 g/mol. The Morgan fingerprint density at radius 1 is 1.27 bits per heavy atom. The molecule has 0 radical (unpaired) electrons. The van der Waals surface area contributed by atoms with Gasteiger partial charge in [0.1, 0.15) is 4.90 Å². The standard InChI is InChI=1S/C14H18N4O3S/c1-9(2)18-8-13(10(3)16-18)22(20,21)17-12-6-4-11(5-7-12)14(15)19/h4-9,17H,1-3H3,(H2,15,19). The fourth-order valence-corrected chi connectivity index (χ4v) is 3.14. The number of hydrogen-bond donors (Lipinski definition) is 2. The van der Waals surface area contributed by atoms with Gasteiger partial charge < -0.3 is 5.73 Å². The summed E-state index contributed by atoms with van der Waals surface area (Å²) in [6.45, 7) is 5.47. The number of carbonyl (C=O) groups is 1. The Morgan fingerprint density at radius 3 is 2.32 bits per heavy atom. The number of amides is 1. The molecule has 1 heterocycles. The van der Waals surface area contributed by atoms with Crippen LogP contribution in [-0.4, -0.2) is 24.1 Å². The zero-order chi connectivity index (χ0) is 16.5. The summed E-state index contributed by atoms with van der Waals surface area (Å²) < 4.78 is 28.9. The van der Waals surface area contributed by atoms with Gasteiger partial charge in [-0.3, -0.25) is 14.2 Å².